The predicted molar refractivity (Wildman–Crippen MR) is 124 cm³/mol. The second kappa shape index (κ2) is 8.94. The van der Waals surface area contributed by atoms with E-state index in [1.54, 1.807) is 0 Å². The Morgan fingerprint density at radius 3 is 2.39 bits per heavy atom. The summed E-state index contributed by atoms with van der Waals surface area (Å²) in [5.74, 6) is -0.00649. The van der Waals surface area contributed by atoms with Crippen molar-refractivity contribution in [2.24, 2.45) is 29.1 Å². The summed E-state index contributed by atoms with van der Waals surface area (Å²) in [5, 5.41) is 9.03. The highest BCUT2D eigenvalue weighted by atomic mass is 79.9. The normalized spacial score (nSPS) is 30.2. The molecule has 4 atom stereocenters. The summed E-state index contributed by atoms with van der Waals surface area (Å²) >= 11 is 4.88. The number of allylic oxidation sites excluding steroid dienone is 2. The molecule has 2 saturated carbocycles. The summed E-state index contributed by atoms with van der Waals surface area (Å²) < 4.78 is 0.795. The molecule has 2 N–H and O–H groups in total. The van der Waals surface area contributed by atoms with Crippen molar-refractivity contribution in [3.8, 4) is 0 Å². The van der Waals surface area contributed by atoms with E-state index in [4.69, 9.17) is 0 Å². The quantitative estimate of drug-likeness (QED) is 0.397. The second-order valence-corrected chi connectivity index (χ2v) is 11.3. The van der Waals surface area contributed by atoms with E-state index < -0.39 is 0 Å². The number of carbonyl (C=O) groups excluding carboxylic acids is 2. The molecule has 1 aromatic rings. The first-order chi connectivity index (χ1) is 15.1. The van der Waals surface area contributed by atoms with Gasteiger partial charge in [0.2, 0.25) is 11.8 Å². The van der Waals surface area contributed by atoms with E-state index in [9.17, 15) is 9.59 Å². The zero-order chi connectivity index (χ0) is 21.4. The van der Waals surface area contributed by atoms with Crippen LogP contribution in [0.5, 0.6) is 0 Å². The number of rotatable bonds is 9. The number of unbranched alkanes of at least 4 members (excludes halogenated alkanes) is 1. The topological polar surface area (TPSA) is 74.3 Å². The van der Waals surface area contributed by atoms with Crippen LogP contribution in [0.1, 0.15) is 43.5 Å². The van der Waals surface area contributed by atoms with Crippen LogP contribution in [0.15, 0.2) is 22.1 Å². The average Bonchev–Trinajstić information content (AvgIpc) is 3.06. The third kappa shape index (κ3) is 4.23. The molecule has 0 aromatic carbocycles. The van der Waals surface area contributed by atoms with E-state index in [2.05, 4.69) is 48.6 Å². The third-order valence-electron chi connectivity index (χ3n) is 7.78. The molecule has 8 heteroatoms. The highest BCUT2D eigenvalue weighted by molar-refractivity contribution is 9.10. The van der Waals surface area contributed by atoms with Crippen LogP contribution in [0, 0.1) is 29.1 Å². The second-order valence-electron chi connectivity index (χ2n) is 9.55. The minimum Gasteiger partial charge on any atom is -0.356 e. The third-order valence-corrected chi connectivity index (χ3v) is 9.34. The van der Waals surface area contributed by atoms with Gasteiger partial charge in [0.25, 0.3) is 0 Å². The smallest absolute Gasteiger partial charge is 0.224 e. The van der Waals surface area contributed by atoms with Gasteiger partial charge in [-0.2, -0.15) is 0 Å². The van der Waals surface area contributed by atoms with Gasteiger partial charge in [0.1, 0.15) is 9.61 Å². The fraction of sp³-hybridized carbons (Fsp3) is 0.696. The minimum absolute atomic E-state index is 0.00336. The van der Waals surface area contributed by atoms with Gasteiger partial charge < -0.3 is 15.5 Å². The summed E-state index contributed by atoms with van der Waals surface area (Å²) in [4.78, 5) is 33.3. The van der Waals surface area contributed by atoms with E-state index >= 15 is 0 Å². The zero-order valence-electron chi connectivity index (χ0n) is 17.8. The Balaban J connectivity index is 1.17. The molecule has 1 spiro atoms. The number of likely N-dealkylation sites (tertiary alicyclic amines) is 1. The van der Waals surface area contributed by atoms with Gasteiger partial charge in [0.05, 0.1) is 18.4 Å². The summed E-state index contributed by atoms with van der Waals surface area (Å²) in [7, 11) is 0. The van der Waals surface area contributed by atoms with Crippen molar-refractivity contribution < 1.29 is 9.59 Å². The maximum absolute atomic E-state index is 13.2. The number of nitrogens with zero attached hydrogens (tertiary/aromatic N) is 2. The number of hydrogen-bond acceptors (Lipinski definition) is 5. The Hall–Kier alpha value is -1.25. The van der Waals surface area contributed by atoms with Gasteiger partial charge in [-0.1, -0.05) is 12.2 Å². The van der Waals surface area contributed by atoms with Crippen LogP contribution in [-0.4, -0.2) is 47.9 Å². The predicted octanol–water partition coefficient (Wildman–Crippen LogP) is 3.34. The van der Waals surface area contributed by atoms with Gasteiger partial charge in [-0.05, 0) is 91.3 Å². The zero-order valence-corrected chi connectivity index (χ0v) is 20.2. The molecule has 3 aliphatic carbocycles. The summed E-state index contributed by atoms with van der Waals surface area (Å²) in [6, 6.07) is 0. The van der Waals surface area contributed by atoms with E-state index in [1.165, 1.54) is 37.3 Å². The van der Waals surface area contributed by atoms with Crippen molar-refractivity contribution in [1.29, 1.82) is 0 Å². The molecule has 2 heterocycles. The molecule has 0 radical (unpaired) electrons. The number of aromatic nitrogens is 1. The average molecular weight is 507 g/mol. The Bertz CT molecular complexity index is 862. The minimum atomic E-state index is -0.259. The fourth-order valence-electron chi connectivity index (χ4n) is 6.16. The van der Waals surface area contributed by atoms with E-state index in [0.29, 0.717) is 13.1 Å². The Morgan fingerprint density at radius 2 is 1.77 bits per heavy atom. The first-order valence-corrected chi connectivity index (χ1v) is 13.3. The molecule has 0 unspecified atom stereocenters. The molecule has 6 nitrogen and oxygen atoms in total. The first-order valence-electron chi connectivity index (χ1n) is 11.6. The molecule has 31 heavy (non-hydrogen) atoms. The molecule has 168 valence electrons. The van der Waals surface area contributed by atoms with Gasteiger partial charge in [-0.25, -0.2) is 4.98 Å². The molecule has 1 aromatic heterocycles. The van der Waals surface area contributed by atoms with Crippen molar-refractivity contribution >= 4 is 39.1 Å². The van der Waals surface area contributed by atoms with Crippen molar-refractivity contribution in [3.63, 3.8) is 0 Å². The van der Waals surface area contributed by atoms with Crippen LogP contribution < -0.4 is 10.6 Å². The van der Waals surface area contributed by atoms with E-state index in [-0.39, 0.29) is 40.9 Å². The standard InChI is InChI=1S/C23H31BrN4O2S/c24-17-14-31-18(27-17)13-26-22(30)20-16-6-5-15(23(16)7-8-23)19(20)21(29)25-9-1-2-10-28-11-3-4-12-28/h5-6,14-16,19-20H,1-4,7-13H2,(H,25,29)(H,26,30)/t15-,16+,19-,20-/m1/s1. The summed E-state index contributed by atoms with van der Waals surface area (Å²) in [6.07, 6.45) is 11.5. The molecule has 1 saturated heterocycles. The molecule has 2 amide bonds. The molecule has 3 fully saturated rings. The maximum Gasteiger partial charge on any atom is 0.224 e. The van der Waals surface area contributed by atoms with Gasteiger partial charge in [0, 0.05) is 11.9 Å². The fourth-order valence-corrected chi connectivity index (χ4v) is 7.36. The summed E-state index contributed by atoms with van der Waals surface area (Å²) in [5.41, 5.74) is 0.171. The van der Waals surface area contributed by atoms with E-state index in [1.807, 2.05) is 5.38 Å². The van der Waals surface area contributed by atoms with Crippen LogP contribution in [0.4, 0.5) is 0 Å². The van der Waals surface area contributed by atoms with Crippen LogP contribution in [-0.2, 0) is 16.1 Å². The maximum atomic E-state index is 13.2. The largest absolute Gasteiger partial charge is 0.356 e. The number of thiazole rings is 1. The van der Waals surface area contributed by atoms with Crippen molar-refractivity contribution in [3.05, 3.63) is 27.1 Å². The lowest BCUT2D eigenvalue weighted by Crippen LogP contribution is -2.44. The highest BCUT2D eigenvalue weighted by Gasteiger charge is 2.69. The monoisotopic (exact) mass is 506 g/mol. The van der Waals surface area contributed by atoms with Crippen molar-refractivity contribution in [2.75, 3.05) is 26.2 Å². The first kappa shape index (κ1) is 21.6. The molecule has 2 bridgehead atoms. The molecular formula is C23H31BrN4O2S. The lowest BCUT2D eigenvalue weighted by Gasteiger charge is -2.26. The lowest BCUT2D eigenvalue weighted by molar-refractivity contribution is -0.135. The Kier molecular flexibility index (Phi) is 6.23. The van der Waals surface area contributed by atoms with Crippen LogP contribution in [0.3, 0.4) is 0 Å². The number of amides is 2. The van der Waals surface area contributed by atoms with Gasteiger partial charge >= 0.3 is 0 Å². The number of hydrogen-bond donors (Lipinski definition) is 2. The molecule has 5 rings (SSSR count). The van der Waals surface area contributed by atoms with Crippen molar-refractivity contribution in [1.82, 2.24) is 20.5 Å². The number of carbonyl (C=O) groups is 2. The SMILES string of the molecule is O=C(NCCCCN1CCCC1)[C@H]1[C@H](C(=O)NCc2nc(Br)cs2)[C@@H]2C=C[C@H]1C21CC1. The van der Waals surface area contributed by atoms with Crippen LogP contribution >= 0.6 is 27.3 Å². The van der Waals surface area contributed by atoms with Crippen molar-refractivity contribution in [2.45, 2.75) is 45.1 Å². The van der Waals surface area contributed by atoms with Crippen LogP contribution in [0.25, 0.3) is 0 Å². The Morgan fingerprint density at radius 1 is 1.10 bits per heavy atom. The highest BCUT2D eigenvalue weighted by Crippen LogP contribution is 2.72. The molecular weight excluding hydrogens is 476 g/mol. The van der Waals surface area contributed by atoms with E-state index in [0.717, 1.165) is 41.8 Å². The number of halogens is 1. The van der Waals surface area contributed by atoms with Gasteiger partial charge in [-0.15, -0.1) is 11.3 Å². The number of nitrogens with one attached hydrogen (secondary N) is 2. The lowest BCUT2D eigenvalue weighted by atomic mass is 9.81. The van der Waals surface area contributed by atoms with Crippen LogP contribution in [0.2, 0.25) is 0 Å². The molecule has 1 aliphatic heterocycles. The van der Waals surface area contributed by atoms with Gasteiger partial charge in [0.15, 0.2) is 0 Å². The molecule has 4 aliphatic rings. The van der Waals surface area contributed by atoms with Gasteiger partial charge in [-0.3, -0.25) is 9.59 Å². The summed E-state index contributed by atoms with van der Waals surface area (Å²) in [6.45, 7) is 4.71. The Labute approximate surface area is 196 Å².